The first kappa shape index (κ1) is 11.9. The van der Waals surface area contributed by atoms with E-state index in [9.17, 15) is 0 Å². The Morgan fingerprint density at radius 1 is 1.25 bits per heavy atom. The zero-order valence-corrected chi connectivity index (χ0v) is 8.97. The van der Waals surface area contributed by atoms with Gasteiger partial charge in [-0.05, 0) is 32.4 Å². The molecule has 0 spiro atoms. The molecular formula is C10H23NO. The van der Waals surface area contributed by atoms with Crippen molar-refractivity contribution < 1.29 is 4.74 Å². The summed E-state index contributed by atoms with van der Waals surface area (Å²) in [5, 5.41) is 0. The summed E-state index contributed by atoms with van der Waals surface area (Å²) < 4.78 is 5.00. The molecule has 0 N–H and O–H groups in total. The highest BCUT2D eigenvalue weighted by Crippen LogP contribution is 2.03. The Kier molecular flexibility index (Phi) is 7.51. The maximum atomic E-state index is 5.00. The number of hydrogen-bond acceptors (Lipinski definition) is 2. The number of methoxy groups -OCH3 is 1. The molecule has 74 valence electrons. The van der Waals surface area contributed by atoms with Crippen LogP contribution in [-0.2, 0) is 4.74 Å². The minimum atomic E-state index is 0.834. The molecule has 2 nitrogen and oxygen atoms in total. The molecule has 0 aliphatic heterocycles. The zero-order chi connectivity index (χ0) is 9.40. The summed E-state index contributed by atoms with van der Waals surface area (Å²) in [5.74, 6) is 0.834. The van der Waals surface area contributed by atoms with Crippen LogP contribution in [-0.4, -0.2) is 38.8 Å². The van der Waals surface area contributed by atoms with Crippen molar-refractivity contribution in [2.75, 3.05) is 33.9 Å². The molecule has 0 fully saturated rings. The summed E-state index contributed by atoms with van der Waals surface area (Å²) in [4.78, 5) is 2.33. The number of nitrogens with zero attached hydrogens (tertiary/aromatic N) is 1. The van der Waals surface area contributed by atoms with Crippen molar-refractivity contribution in [2.45, 2.75) is 26.7 Å². The van der Waals surface area contributed by atoms with Crippen LogP contribution in [0.15, 0.2) is 0 Å². The van der Waals surface area contributed by atoms with E-state index in [2.05, 4.69) is 25.8 Å². The van der Waals surface area contributed by atoms with Crippen molar-refractivity contribution in [3.63, 3.8) is 0 Å². The molecule has 0 aromatic heterocycles. The third kappa shape index (κ3) is 8.02. The molecule has 0 atom stereocenters. The van der Waals surface area contributed by atoms with E-state index in [1.165, 1.54) is 19.4 Å². The first-order valence-corrected chi connectivity index (χ1v) is 4.84. The smallest absolute Gasteiger partial charge is 0.0589 e. The lowest BCUT2D eigenvalue weighted by atomic mass is 10.1. The molecular weight excluding hydrogens is 150 g/mol. The van der Waals surface area contributed by atoms with E-state index in [0.717, 1.165) is 19.1 Å². The van der Waals surface area contributed by atoms with Crippen LogP contribution < -0.4 is 0 Å². The average Bonchev–Trinajstić information content (AvgIpc) is 2.00. The van der Waals surface area contributed by atoms with Gasteiger partial charge in [-0.1, -0.05) is 13.8 Å². The van der Waals surface area contributed by atoms with Gasteiger partial charge < -0.3 is 9.64 Å². The fourth-order valence-corrected chi connectivity index (χ4v) is 1.13. The molecule has 0 amide bonds. The van der Waals surface area contributed by atoms with Gasteiger partial charge in [-0.15, -0.1) is 0 Å². The lowest BCUT2D eigenvalue weighted by Gasteiger charge is -2.16. The highest BCUT2D eigenvalue weighted by atomic mass is 16.5. The van der Waals surface area contributed by atoms with Crippen LogP contribution >= 0.6 is 0 Å². The quantitative estimate of drug-likeness (QED) is 0.584. The maximum Gasteiger partial charge on any atom is 0.0589 e. The normalized spacial score (nSPS) is 11.5. The van der Waals surface area contributed by atoms with Gasteiger partial charge in [0, 0.05) is 13.7 Å². The van der Waals surface area contributed by atoms with E-state index in [1.807, 2.05) is 0 Å². The lowest BCUT2D eigenvalue weighted by Crippen LogP contribution is -2.24. The van der Waals surface area contributed by atoms with E-state index in [0.29, 0.717) is 0 Å². The summed E-state index contributed by atoms with van der Waals surface area (Å²) in [6.07, 6.45) is 2.63. The summed E-state index contributed by atoms with van der Waals surface area (Å²) >= 11 is 0. The topological polar surface area (TPSA) is 12.5 Å². The number of hydrogen-bond donors (Lipinski definition) is 0. The molecule has 0 unspecified atom stereocenters. The maximum absolute atomic E-state index is 5.00. The molecule has 0 rings (SSSR count). The fraction of sp³-hybridized carbons (Fsp3) is 1.00. The van der Waals surface area contributed by atoms with Gasteiger partial charge in [0.1, 0.15) is 0 Å². The van der Waals surface area contributed by atoms with Crippen LogP contribution in [0.5, 0.6) is 0 Å². The molecule has 0 radical (unpaired) electrons. The molecule has 0 heterocycles. The van der Waals surface area contributed by atoms with Crippen molar-refractivity contribution in [1.82, 2.24) is 4.90 Å². The van der Waals surface area contributed by atoms with Crippen molar-refractivity contribution in [3.8, 4) is 0 Å². The van der Waals surface area contributed by atoms with Gasteiger partial charge >= 0.3 is 0 Å². The summed E-state index contributed by atoms with van der Waals surface area (Å²) in [6.45, 7) is 7.64. The second kappa shape index (κ2) is 7.56. The Hall–Kier alpha value is -0.0800. The Bertz CT molecular complexity index is 93.8. The summed E-state index contributed by atoms with van der Waals surface area (Å²) in [6, 6.07) is 0. The second-order valence-corrected chi connectivity index (χ2v) is 3.83. The molecule has 0 bridgehead atoms. The number of rotatable bonds is 7. The Morgan fingerprint density at radius 2 is 1.92 bits per heavy atom. The van der Waals surface area contributed by atoms with E-state index in [-0.39, 0.29) is 0 Å². The Balaban J connectivity index is 3.13. The highest BCUT2D eigenvalue weighted by molar-refractivity contribution is 4.52. The molecule has 0 aromatic rings. The van der Waals surface area contributed by atoms with Gasteiger partial charge in [0.05, 0.1) is 6.61 Å². The minimum Gasteiger partial charge on any atom is -0.383 e. The van der Waals surface area contributed by atoms with E-state index >= 15 is 0 Å². The minimum absolute atomic E-state index is 0.834. The monoisotopic (exact) mass is 173 g/mol. The van der Waals surface area contributed by atoms with Crippen LogP contribution in [0.25, 0.3) is 0 Å². The largest absolute Gasteiger partial charge is 0.383 e. The van der Waals surface area contributed by atoms with Crippen molar-refractivity contribution >= 4 is 0 Å². The van der Waals surface area contributed by atoms with Gasteiger partial charge in [-0.3, -0.25) is 0 Å². The van der Waals surface area contributed by atoms with Crippen LogP contribution in [0.1, 0.15) is 26.7 Å². The first-order chi connectivity index (χ1) is 5.66. The van der Waals surface area contributed by atoms with Crippen molar-refractivity contribution in [3.05, 3.63) is 0 Å². The molecule has 12 heavy (non-hydrogen) atoms. The Morgan fingerprint density at radius 3 is 2.42 bits per heavy atom. The molecule has 0 saturated carbocycles. The van der Waals surface area contributed by atoms with Gasteiger partial charge in [-0.25, -0.2) is 0 Å². The third-order valence-electron chi connectivity index (χ3n) is 2.00. The summed E-state index contributed by atoms with van der Waals surface area (Å²) in [5.41, 5.74) is 0. The molecule has 0 saturated heterocycles. The molecule has 0 aromatic carbocycles. The van der Waals surface area contributed by atoms with E-state index < -0.39 is 0 Å². The van der Waals surface area contributed by atoms with Gasteiger partial charge in [-0.2, -0.15) is 0 Å². The van der Waals surface area contributed by atoms with Gasteiger partial charge in [0.25, 0.3) is 0 Å². The lowest BCUT2D eigenvalue weighted by molar-refractivity contribution is 0.160. The fourth-order valence-electron chi connectivity index (χ4n) is 1.13. The Labute approximate surface area is 76.9 Å². The molecule has 2 heteroatoms. The SMILES string of the molecule is COCCN(C)CCCC(C)C. The van der Waals surface area contributed by atoms with Gasteiger partial charge in [0.2, 0.25) is 0 Å². The first-order valence-electron chi connectivity index (χ1n) is 4.84. The zero-order valence-electron chi connectivity index (χ0n) is 8.97. The molecule has 0 aliphatic carbocycles. The van der Waals surface area contributed by atoms with Gasteiger partial charge in [0.15, 0.2) is 0 Å². The van der Waals surface area contributed by atoms with E-state index in [1.54, 1.807) is 7.11 Å². The standard InChI is InChI=1S/C10H23NO/c1-10(2)6-5-7-11(3)8-9-12-4/h10H,5-9H2,1-4H3. The number of likely N-dealkylation sites (N-methyl/N-ethyl adjacent to an activating group) is 1. The third-order valence-corrected chi connectivity index (χ3v) is 2.00. The van der Waals surface area contributed by atoms with Crippen molar-refractivity contribution in [1.29, 1.82) is 0 Å². The second-order valence-electron chi connectivity index (χ2n) is 3.83. The van der Waals surface area contributed by atoms with E-state index in [4.69, 9.17) is 4.74 Å². The van der Waals surface area contributed by atoms with Crippen LogP contribution in [0.2, 0.25) is 0 Å². The van der Waals surface area contributed by atoms with Crippen LogP contribution in [0.4, 0.5) is 0 Å². The molecule has 0 aliphatic rings. The predicted octanol–water partition coefficient (Wildman–Crippen LogP) is 2.00. The number of ether oxygens (including phenoxy) is 1. The van der Waals surface area contributed by atoms with Crippen molar-refractivity contribution in [2.24, 2.45) is 5.92 Å². The average molecular weight is 173 g/mol. The highest BCUT2D eigenvalue weighted by Gasteiger charge is 1.98. The summed E-state index contributed by atoms with van der Waals surface area (Å²) in [7, 11) is 3.90. The van der Waals surface area contributed by atoms with Crippen LogP contribution in [0, 0.1) is 5.92 Å². The predicted molar refractivity (Wildman–Crippen MR) is 53.4 cm³/mol. The van der Waals surface area contributed by atoms with Crippen LogP contribution in [0.3, 0.4) is 0 Å².